The zero-order valence-electron chi connectivity index (χ0n) is 10.3. The highest BCUT2D eigenvalue weighted by Crippen LogP contribution is 2.28. The van der Waals surface area contributed by atoms with E-state index in [9.17, 15) is 0 Å². The Morgan fingerprint density at radius 2 is 2.00 bits per heavy atom. The van der Waals surface area contributed by atoms with Crippen LogP contribution >= 0.6 is 0 Å². The van der Waals surface area contributed by atoms with Crippen LogP contribution in [-0.4, -0.2) is 36.6 Å². The van der Waals surface area contributed by atoms with Gasteiger partial charge in [-0.1, -0.05) is 20.3 Å². The van der Waals surface area contributed by atoms with Gasteiger partial charge in [0, 0.05) is 25.2 Å². The predicted molar refractivity (Wildman–Crippen MR) is 65.1 cm³/mol. The molecule has 15 heavy (non-hydrogen) atoms. The van der Waals surface area contributed by atoms with E-state index < -0.39 is 0 Å². The molecule has 0 aromatic carbocycles. The molecule has 1 saturated carbocycles. The van der Waals surface area contributed by atoms with Gasteiger partial charge in [0.1, 0.15) is 0 Å². The maximum absolute atomic E-state index is 3.68. The molecule has 2 heteroatoms. The highest BCUT2D eigenvalue weighted by Gasteiger charge is 2.25. The molecule has 0 amide bonds. The molecule has 2 rings (SSSR count). The van der Waals surface area contributed by atoms with Crippen LogP contribution in [0.4, 0.5) is 0 Å². The van der Waals surface area contributed by atoms with E-state index in [1.807, 2.05) is 0 Å². The Morgan fingerprint density at radius 3 is 2.60 bits per heavy atom. The van der Waals surface area contributed by atoms with E-state index in [2.05, 4.69) is 24.1 Å². The lowest BCUT2D eigenvalue weighted by atomic mass is 9.84. The zero-order valence-corrected chi connectivity index (χ0v) is 10.3. The number of piperidine rings is 1. The number of likely N-dealkylation sites (tertiary alicyclic amines) is 1. The second kappa shape index (κ2) is 5.31. The first kappa shape index (κ1) is 11.4. The standard InChI is InChI=1S/C13H26N2/c1-11(2)14-13-7-4-8-15(10-13)9-12-5-3-6-12/h11-14H,3-10H2,1-2H3. The summed E-state index contributed by atoms with van der Waals surface area (Å²) in [6.45, 7) is 8.51. The molecule has 0 aromatic heterocycles. The molecule has 1 unspecified atom stereocenters. The van der Waals surface area contributed by atoms with Crippen LogP contribution in [0.3, 0.4) is 0 Å². The van der Waals surface area contributed by atoms with Gasteiger partial charge < -0.3 is 10.2 Å². The largest absolute Gasteiger partial charge is 0.311 e. The maximum Gasteiger partial charge on any atom is 0.0197 e. The van der Waals surface area contributed by atoms with Crippen LogP contribution in [-0.2, 0) is 0 Å². The Balaban J connectivity index is 1.71. The van der Waals surface area contributed by atoms with Gasteiger partial charge in [-0.3, -0.25) is 0 Å². The van der Waals surface area contributed by atoms with Crippen molar-refractivity contribution in [2.45, 2.75) is 58.0 Å². The lowest BCUT2D eigenvalue weighted by Gasteiger charge is -2.38. The summed E-state index contributed by atoms with van der Waals surface area (Å²) in [5.74, 6) is 1.03. The van der Waals surface area contributed by atoms with Crippen LogP contribution in [0.1, 0.15) is 46.0 Å². The maximum atomic E-state index is 3.68. The quantitative estimate of drug-likeness (QED) is 0.765. The molecular formula is C13H26N2. The summed E-state index contributed by atoms with van der Waals surface area (Å²) < 4.78 is 0. The van der Waals surface area contributed by atoms with Gasteiger partial charge in [0.25, 0.3) is 0 Å². The molecule has 1 atom stereocenters. The van der Waals surface area contributed by atoms with Gasteiger partial charge in [-0.05, 0) is 38.1 Å². The smallest absolute Gasteiger partial charge is 0.0197 e. The fraction of sp³-hybridized carbons (Fsp3) is 1.00. The van der Waals surface area contributed by atoms with Crippen molar-refractivity contribution in [3.8, 4) is 0 Å². The second-order valence-electron chi connectivity index (χ2n) is 5.72. The van der Waals surface area contributed by atoms with Crippen molar-refractivity contribution in [1.29, 1.82) is 0 Å². The minimum Gasteiger partial charge on any atom is -0.311 e. The zero-order chi connectivity index (χ0) is 10.7. The van der Waals surface area contributed by atoms with Gasteiger partial charge >= 0.3 is 0 Å². The minimum absolute atomic E-state index is 0.638. The predicted octanol–water partition coefficient (Wildman–Crippen LogP) is 2.25. The third-order valence-electron chi connectivity index (χ3n) is 3.82. The average Bonchev–Trinajstić information content (AvgIpc) is 2.11. The van der Waals surface area contributed by atoms with Crippen molar-refractivity contribution in [3.05, 3.63) is 0 Å². The monoisotopic (exact) mass is 210 g/mol. The number of nitrogens with one attached hydrogen (secondary N) is 1. The lowest BCUT2D eigenvalue weighted by molar-refractivity contribution is 0.132. The highest BCUT2D eigenvalue weighted by atomic mass is 15.2. The molecule has 0 spiro atoms. The fourth-order valence-corrected chi connectivity index (χ4v) is 2.87. The van der Waals surface area contributed by atoms with Gasteiger partial charge in [0.15, 0.2) is 0 Å². The van der Waals surface area contributed by atoms with E-state index >= 15 is 0 Å². The van der Waals surface area contributed by atoms with E-state index in [0.717, 1.165) is 12.0 Å². The van der Waals surface area contributed by atoms with Crippen LogP contribution in [0.2, 0.25) is 0 Å². The normalized spacial score (nSPS) is 29.4. The summed E-state index contributed by atoms with van der Waals surface area (Å²) in [4.78, 5) is 2.69. The van der Waals surface area contributed by atoms with Crippen LogP contribution < -0.4 is 5.32 Å². The Labute approximate surface area is 94.4 Å². The topological polar surface area (TPSA) is 15.3 Å². The summed E-state index contributed by atoms with van der Waals surface area (Å²) in [7, 11) is 0. The Hall–Kier alpha value is -0.0800. The molecule has 1 aliphatic carbocycles. The summed E-state index contributed by atoms with van der Waals surface area (Å²) in [6.07, 6.45) is 7.21. The first-order chi connectivity index (χ1) is 7.24. The summed E-state index contributed by atoms with van der Waals surface area (Å²) >= 11 is 0. The SMILES string of the molecule is CC(C)NC1CCCN(CC2CCC2)C1. The van der Waals surface area contributed by atoms with E-state index in [1.165, 1.54) is 51.7 Å². The van der Waals surface area contributed by atoms with E-state index in [1.54, 1.807) is 0 Å². The molecule has 0 aromatic rings. The van der Waals surface area contributed by atoms with Crippen molar-refractivity contribution < 1.29 is 0 Å². The summed E-state index contributed by atoms with van der Waals surface area (Å²) in [6, 6.07) is 1.39. The third kappa shape index (κ3) is 3.46. The molecule has 2 aliphatic rings. The molecule has 0 bridgehead atoms. The first-order valence-corrected chi connectivity index (χ1v) is 6.72. The third-order valence-corrected chi connectivity index (χ3v) is 3.82. The minimum atomic E-state index is 0.638. The lowest BCUT2D eigenvalue weighted by Crippen LogP contribution is -2.49. The highest BCUT2D eigenvalue weighted by molar-refractivity contribution is 4.82. The van der Waals surface area contributed by atoms with Crippen LogP contribution in [0.25, 0.3) is 0 Å². The van der Waals surface area contributed by atoms with Gasteiger partial charge in [-0.2, -0.15) is 0 Å². The van der Waals surface area contributed by atoms with Crippen LogP contribution in [0.5, 0.6) is 0 Å². The average molecular weight is 210 g/mol. The van der Waals surface area contributed by atoms with E-state index in [0.29, 0.717) is 6.04 Å². The Morgan fingerprint density at radius 1 is 1.20 bits per heavy atom. The number of hydrogen-bond acceptors (Lipinski definition) is 2. The molecule has 1 saturated heterocycles. The molecule has 1 aliphatic heterocycles. The molecular weight excluding hydrogens is 184 g/mol. The van der Waals surface area contributed by atoms with Crippen LogP contribution in [0.15, 0.2) is 0 Å². The Bertz CT molecular complexity index is 187. The van der Waals surface area contributed by atoms with Crippen molar-refractivity contribution in [3.63, 3.8) is 0 Å². The van der Waals surface area contributed by atoms with Crippen molar-refractivity contribution in [1.82, 2.24) is 10.2 Å². The molecule has 0 radical (unpaired) electrons. The molecule has 2 fully saturated rings. The van der Waals surface area contributed by atoms with Gasteiger partial charge in [-0.25, -0.2) is 0 Å². The summed E-state index contributed by atoms with van der Waals surface area (Å²) in [5, 5.41) is 3.68. The first-order valence-electron chi connectivity index (χ1n) is 6.72. The van der Waals surface area contributed by atoms with E-state index in [-0.39, 0.29) is 0 Å². The van der Waals surface area contributed by atoms with Crippen molar-refractivity contribution >= 4 is 0 Å². The van der Waals surface area contributed by atoms with Crippen molar-refractivity contribution in [2.75, 3.05) is 19.6 Å². The Kier molecular flexibility index (Phi) is 4.04. The molecule has 2 nitrogen and oxygen atoms in total. The van der Waals surface area contributed by atoms with Gasteiger partial charge in [0.05, 0.1) is 0 Å². The van der Waals surface area contributed by atoms with Crippen LogP contribution in [0, 0.1) is 5.92 Å². The molecule has 88 valence electrons. The number of nitrogens with zero attached hydrogens (tertiary/aromatic N) is 1. The fourth-order valence-electron chi connectivity index (χ4n) is 2.87. The van der Waals surface area contributed by atoms with E-state index in [4.69, 9.17) is 0 Å². The number of rotatable bonds is 4. The van der Waals surface area contributed by atoms with Gasteiger partial charge in [0.2, 0.25) is 0 Å². The molecule has 1 heterocycles. The second-order valence-corrected chi connectivity index (χ2v) is 5.72. The molecule has 1 N–H and O–H groups in total. The summed E-state index contributed by atoms with van der Waals surface area (Å²) in [5.41, 5.74) is 0. The number of hydrogen-bond donors (Lipinski definition) is 1. The van der Waals surface area contributed by atoms with Crippen molar-refractivity contribution in [2.24, 2.45) is 5.92 Å². The van der Waals surface area contributed by atoms with Gasteiger partial charge in [-0.15, -0.1) is 0 Å².